The highest BCUT2D eigenvalue weighted by Crippen LogP contribution is 2.28. The summed E-state index contributed by atoms with van der Waals surface area (Å²) in [5.74, 6) is 2.78. The summed E-state index contributed by atoms with van der Waals surface area (Å²) < 4.78 is 5.55. The second kappa shape index (κ2) is 9.58. The molecular formula is C20H36N4O2. The van der Waals surface area contributed by atoms with Gasteiger partial charge in [-0.3, -0.25) is 9.79 Å². The van der Waals surface area contributed by atoms with E-state index in [0.29, 0.717) is 0 Å². The van der Waals surface area contributed by atoms with E-state index in [9.17, 15) is 4.79 Å². The third-order valence-electron chi connectivity index (χ3n) is 5.98. The van der Waals surface area contributed by atoms with Gasteiger partial charge in [0.2, 0.25) is 0 Å². The maximum absolute atomic E-state index is 12.5. The Hall–Kier alpha value is -1.30. The molecule has 6 nitrogen and oxygen atoms in total. The fourth-order valence-corrected chi connectivity index (χ4v) is 4.48. The number of nitrogens with zero attached hydrogens (tertiary/aromatic N) is 3. The standard InChI is InChI=1S/C20H36N4O2/c1-3-21-20(22-15-17-7-4-6-16(2)14-17)24-11-9-23(10-12-24)19(25)18-8-5-13-26-18/h16-18H,3-15H2,1-2H3,(H,21,22). The Morgan fingerprint density at radius 3 is 2.54 bits per heavy atom. The molecule has 3 rings (SSSR count). The van der Waals surface area contributed by atoms with Crippen molar-refractivity contribution in [1.82, 2.24) is 15.1 Å². The second-order valence-electron chi connectivity index (χ2n) is 8.15. The molecule has 0 aromatic carbocycles. The number of carbonyl (C=O) groups is 1. The van der Waals surface area contributed by atoms with Crippen LogP contribution in [-0.4, -0.2) is 73.6 Å². The summed E-state index contributed by atoms with van der Waals surface area (Å²) in [6, 6.07) is 0. The molecule has 2 aliphatic heterocycles. The van der Waals surface area contributed by atoms with E-state index in [4.69, 9.17) is 9.73 Å². The predicted molar refractivity (Wildman–Crippen MR) is 104 cm³/mol. The lowest BCUT2D eigenvalue weighted by Gasteiger charge is -2.37. The molecule has 0 aromatic heterocycles. The minimum Gasteiger partial charge on any atom is -0.368 e. The molecule has 0 aromatic rings. The molecule has 1 amide bonds. The number of aliphatic imine (C=N–C) groups is 1. The van der Waals surface area contributed by atoms with Crippen LogP contribution < -0.4 is 5.32 Å². The maximum Gasteiger partial charge on any atom is 0.251 e. The van der Waals surface area contributed by atoms with Crippen molar-refractivity contribution in [2.24, 2.45) is 16.8 Å². The van der Waals surface area contributed by atoms with Crippen LogP contribution in [-0.2, 0) is 9.53 Å². The van der Waals surface area contributed by atoms with Gasteiger partial charge < -0.3 is 19.9 Å². The highest BCUT2D eigenvalue weighted by atomic mass is 16.5. The summed E-state index contributed by atoms with van der Waals surface area (Å²) >= 11 is 0. The first-order valence-corrected chi connectivity index (χ1v) is 10.6. The van der Waals surface area contributed by atoms with Gasteiger partial charge in [0.05, 0.1) is 0 Å². The molecule has 2 heterocycles. The lowest BCUT2D eigenvalue weighted by Crippen LogP contribution is -2.55. The molecule has 3 atom stereocenters. The lowest BCUT2D eigenvalue weighted by molar-refractivity contribution is -0.142. The highest BCUT2D eigenvalue weighted by molar-refractivity contribution is 5.82. The van der Waals surface area contributed by atoms with Gasteiger partial charge in [-0.25, -0.2) is 0 Å². The number of amides is 1. The van der Waals surface area contributed by atoms with Crippen LogP contribution in [0.15, 0.2) is 4.99 Å². The third-order valence-corrected chi connectivity index (χ3v) is 5.98. The Kier molecular flexibility index (Phi) is 7.17. The Morgan fingerprint density at radius 1 is 1.12 bits per heavy atom. The third kappa shape index (κ3) is 5.12. The van der Waals surface area contributed by atoms with Crippen LogP contribution in [0, 0.1) is 11.8 Å². The summed E-state index contributed by atoms with van der Waals surface area (Å²) in [7, 11) is 0. The molecule has 148 valence electrons. The van der Waals surface area contributed by atoms with Gasteiger partial charge >= 0.3 is 0 Å². The molecule has 2 saturated heterocycles. The van der Waals surface area contributed by atoms with Gasteiger partial charge in [0, 0.05) is 45.9 Å². The highest BCUT2D eigenvalue weighted by Gasteiger charge is 2.31. The van der Waals surface area contributed by atoms with Gasteiger partial charge in [-0.1, -0.05) is 19.8 Å². The van der Waals surface area contributed by atoms with Crippen molar-refractivity contribution in [3.05, 3.63) is 0 Å². The topological polar surface area (TPSA) is 57.2 Å². The molecule has 1 saturated carbocycles. The average molecular weight is 365 g/mol. The van der Waals surface area contributed by atoms with Gasteiger partial charge in [-0.2, -0.15) is 0 Å². The Balaban J connectivity index is 1.50. The zero-order valence-corrected chi connectivity index (χ0v) is 16.6. The average Bonchev–Trinajstić information content (AvgIpc) is 3.19. The van der Waals surface area contributed by atoms with Crippen molar-refractivity contribution in [2.45, 2.75) is 58.5 Å². The van der Waals surface area contributed by atoms with E-state index in [1.807, 2.05) is 4.90 Å². The van der Waals surface area contributed by atoms with Gasteiger partial charge in [0.1, 0.15) is 6.10 Å². The van der Waals surface area contributed by atoms with E-state index in [-0.39, 0.29) is 12.0 Å². The smallest absolute Gasteiger partial charge is 0.251 e. The molecule has 26 heavy (non-hydrogen) atoms. The second-order valence-corrected chi connectivity index (χ2v) is 8.15. The van der Waals surface area contributed by atoms with Crippen LogP contribution in [0.2, 0.25) is 0 Å². The zero-order valence-electron chi connectivity index (χ0n) is 16.6. The first kappa shape index (κ1) is 19.5. The van der Waals surface area contributed by atoms with E-state index in [2.05, 4.69) is 24.1 Å². The first-order valence-electron chi connectivity index (χ1n) is 10.6. The number of guanidine groups is 1. The Bertz CT molecular complexity index is 482. The lowest BCUT2D eigenvalue weighted by atomic mass is 9.82. The summed E-state index contributed by atoms with van der Waals surface area (Å²) in [4.78, 5) is 21.7. The van der Waals surface area contributed by atoms with Crippen molar-refractivity contribution in [3.63, 3.8) is 0 Å². The molecule has 1 N–H and O–H groups in total. The number of carbonyl (C=O) groups excluding carboxylic acids is 1. The minimum atomic E-state index is -0.197. The molecule has 3 fully saturated rings. The Labute approximate surface area is 158 Å². The van der Waals surface area contributed by atoms with E-state index in [1.54, 1.807) is 0 Å². The fourth-order valence-electron chi connectivity index (χ4n) is 4.48. The monoisotopic (exact) mass is 364 g/mol. The molecule has 1 aliphatic carbocycles. The largest absolute Gasteiger partial charge is 0.368 e. The van der Waals surface area contributed by atoms with Crippen molar-refractivity contribution in [2.75, 3.05) is 45.9 Å². The quantitative estimate of drug-likeness (QED) is 0.613. The summed E-state index contributed by atoms with van der Waals surface area (Å²) in [6.45, 7) is 10.3. The van der Waals surface area contributed by atoms with Crippen LogP contribution in [0.5, 0.6) is 0 Å². The molecule has 6 heteroatoms. The summed E-state index contributed by atoms with van der Waals surface area (Å²) in [5.41, 5.74) is 0. The number of ether oxygens (including phenoxy) is 1. The van der Waals surface area contributed by atoms with Crippen molar-refractivity contribution in [3.8, 4) is 0 Å². The molecular weight excluding hydrogens is 328 g/mol. The van der Waals surface area contributed by atoms with E-state index in [0.717, 1.165) is 76.5 Å². The van der Waals surface area contributed by atoms with Crippen molar-refractivity contribution in [1.29, 1.82) is 0 Å². The van der Waals surface area contributed by atoms with Gasteiger partial charge in [0.15, 0.2) is 5.96 Å². The van der Waals surface area contributed by atoms with E-state index in [1.165, 1.54) is 25.7 Å². The molecule has 0 spiro atoms. The van der Waals surface area contributed by atoms with Gasteiger partial charge in [-0.05, 0) is 44.4 Å². The number of piperazine rings is 1. The SMILES string of the molecule is CCNC(=NCC1CCCC(C)C1)N1CCN(C(=O)C2CCCO2)CC1. The first-order chi connectivity index (χ1) is 12.7. The van der Waals surface area contributed by atoms with Gasteiger partial charge in [0.25, 0.3) is 5.91 Å². The zero-order chi connectivity index (χ0) is 18.4. The normalized spacial score (nSPS) is 30.5. The van der Waals surface area contributed by atoms with Crippen molar-refractivity contribution < 1.29 is 9.53 Å². The van der Waals surface area contributed by atoms with Crippen LogP contribution in [0.3, 0.4) is 0 Å². The van der Waals surface area contributed by atoms with Crippen LogP contribution in [0.1, 0.15) is 52.4 Å². The number of rotatable bonds is 4. The van der Waals surface area contributed by atoms with Crippen LogP contribution >= 0.6 is 0 Å². The van der Waals surface area contributed by atoms with Crippen LogP contribution in [0.4, 0.5) is 0 Å². The summed E-state index contributed by atoms with van der Waals surface area (Å²) in [6.07, 6.45) is 7.04. The molecule has 0 radical (unpaired) electrons. The Morgan fingerprint density at radius 2 is 1.88 bits per heavy atom. The van der Waals surface area contributed by atoms with E-state index < -0.39 is 0 Å². The van der Waals surface area contributed by atoms with Crippen LogP contribution in [0.25, 0.3) is 0 Å². The molecule has 0 bridgehead atoms. The minimum absolute atomic E-state index is 0.181. The fraction of sp³-hybridized carbons (Fsp3) is 0.900. The number of hydrogen-bond acceptors (Lipinski definition) is 3. The predicted octanol–water partition coefficient (Wildman–Crippen LogP) is 2.10. The molecule has 3 unspecified atom stereocenters. The van der Waals surface area contributed by atoms with Gasteiger partial charge in [-0.15, -0.1) is 0 Å². The molecule has 3 aliphatic rings. The summed E-state index contributed by atoms with van der Waals surface area (Å²) in [5, 5.41) is 3.45. The number of hydrogen-bond donors (Lipinski definition) is 1. The number of nitrogens with one attached hydrogen (secondary N) is 1. The van der Waals surface area contributed by atoms with E-state index >= 15 is 0 Å². The maximum atomic E-state index is 12.5. The van der Waals surface area contributed by atoms with Crippen molar-refractivity contribution >= 4 is 11.9 Å².